The van der Waals surface area contributed by atoms with Crippen molar-refractivity contribution in [3.63, 3.8) is 0 Å². The van der Waals surface area contributed by atoms with Crippen molar-refractivity contribution in [3.05, 3.63) is 300 Å². The van der Waals surface area contributed by atoms with Crippen molar-refractivity contribution >= 4 is 105 Å². The number of halogens is 6. The number of aromatic carboxylic acids is 2. The zero-order chi connectivity index (χ0) is 85.6. The van der Waals surface area contributed by atoms with Gasteiger partial charge < -0.3 is 70.4 Å². The summed E-state index contributed by atoms with van der Waals surface area (Å²) in [5.41, 5.74) is 8.31. The number of amides is 5. The molecule has 9 aromatic carbocycles. The number of aryl methyl sites for hydroxylation is 3. The number of carboxylic acids is 2. The van der Waals surface area contributed by atoms with E-state index in [1.165, 1.54) is 48.3 Å². The third-order valence-electron chi connectivity index (χ3n) is 18.7. The molecule has 0 saturated carbocycles. The van der Waals surface area contributed by atoms with Crippen LogP contribution in [0.1, 0.15) is 126 Å². The van der Waals surface area contributed by atoms with E-state index in [0.29, 0.717) is 78.1 Å². The maximum absolute atomic E-state index is 14.5. The van der Waals surface area contributed by atoms with Crippen molar-refractivity contribution in [2.45, 2.75) is 69.2 Å². The van der Waals surface area contributed by atoms with Crippen molar-refractivity contribution in [2.75, 3.05) is 49.8 Å². The molecule has 0 aliphatic carbocycles. The number of aromatic nitrogens is 6. The SMILES string of the molecule is C.C.C.C.COC(=O)c1ccc(F)c(NC(=O)CN(Cc2ccccc2)C(=O)c2nn(C)c3c2COc2ccc(Cl)cc2-3)c1.COC(=O)c1ccc(F)c(NC(=O)CNCc2ccccc2)c1.Cn1nc(C(=O)N(CC(=O)Nc2cc(C(=O)O)ccc2F)Cc2ccccc2)c2c1-c1cc(Cl)ccc1OC2.Cn1nc(C(=O)O)c2c1-c1cc(Cl)ccc1OC2.[Li+].[OH-]. The zero-order valence-corrected chi connectivity index (χ0v) is 68.1. The number of carbonyl (C=O) groups is 9. The van der Waals surface area contributed by atoms with Gasteiger partial charge in [-0.05, 0) is 126 Å². The minimum Gasteiger partial charge on any atom is -0.870 e. The fourth-order valence-corrected chi connectivity index (χ4v) is 13.7. The predicted molar refractivity (Wildman–Crippen MR) is 465 cm³/mol. The number of nitrogens with zero attached hydrogens (tertiary/aromatic N) is 8. The molecule has 15 rings (SSSR count). The molecule has 7 N–H and O–H groups in total. The molecule has 0 fully saturated rings. The first-order valence-electron chi connectivity index (χ1n) is 36.4. The zero-order valence-electron chi connectivity index (χ0n) is 65.8. The smallest absolute Gasteiger partial charge is 0.870 e. The topological polar surface area (TPSA) is 378 Å². The molecule has 3 aliphatic rings. The summed E-state index contributed by atoms with van der Waals surface area (Å²) < 4.78 is 73.7. The summed E-state index contributed by atoms with van der Waals surface area (Å²) in [5, 5.41) is 43.1. The number of nitrogens with one attached hydrogen (secondary N) is 4. The van der Waals surface area contributed by atoms with Gasteiger partial charge in [0, 0.05) is 83.7 Å². The molecule has 0 spiro atoms. The Morgan fingerprint density at radius 1 is 0.429 bits per heavy atom. The van der Waals surface area contributed by atoms with E-state index in [-0.39, 0.29) is 144 Å². The van der Waals surface area contributed by atoms with Gasteiger partial charge in [0.1, 0.15) is 67.6 Å². The quantitative estimate of drug-likeness (QED) is 0.0287. The Morgan fingerprint density at radius 2 is 0.746 bits per heavy atom. The molecule has 36 heteroatoms. The van der Waals surface area contributed by atoms with E-state index in [9.17, 15) is 61.4 Å². The Hall–Kier alpha value is -13.6. The van der Waals surface area contributed by atoms with Gasteiger partial charge in [-0.25, -0.2) is 32.3 Å². The molecule has 3 aliphatic heterocycles. The largest absolute Gasteiger partial charge is 1.00 e. The molecule has 0 atom stereocenters. The molecule has 5 amide bonds. The van der Waals surface area contributed by atoms with Gasteiger partial charge in [-0.15, -0.1) is 0 Å². The Morgan fingerprint density at radius 3 is 1.09 bits per heavy atom. The maximum Gasteiger partial charge on any atom is 1.00 e. The van der Waals surface area contributed by atoms with Crippen LogP contribution in [0.2, 0.25) is 15.1 Å². The summed E-state index contributed by atoms with van der Waals surface area (Å²) in [7, 11) is 7.57. The van der Waals surface area contributed by atoms with Crippen LogP contribution in [0.5, 0.6) is 17.2 Å². The second-order valence-electron chi connectivity index (χ2n) is 26.9. The van der Waals surface area contributed by atoms with Crippen LogP contribution in [-0.2, 0) is 84.5 Å². The monoisotopic (exact) mass is 1780 g/mol. The molecule has 0 saturated heterocycles. The van der Waals surface area contributed by atoms with E-state index >= 15 is 0 Å². The van der Waals surface area contributed by atoms with Gasteiger partial charge in [-0.2, -0.15) is 15.3 Å². The van der Waals surface area contributed by atoms with Crippen LogP contribution < -0.4 is 54.3 Å². The van der Waals surface area contributed by atoms with E-state index in [1.54, 1.807) is 89.8 Å². The fourth-order valence-electron chi connectivity index (χ4n) is 13.2. The number of esters is 2. The molecule has 0 radical (unpaired) electrons. The second-order valence-corrected chi connectivity index (χ2v) is 28.2. The first kappa shape index (κ1) is 101. The van der Waals surface area contributed by atoms with Gasteiger partial charge in [0.05, 0.1) is 77.2 Å². The average molecular weight is 1780 g/mol. The first-order chi connectivity index (χ1) is 57.6. The molecule has 0 unspecified atom stereocenters. The van der Waals surface area contributed by atoms with E-state index in [2.05, 4.69) is 46.0 Å². The molecular formula is C90H89Cl3F3LiN12O17. The number of ether oxygens (including phenoxy) is 5. The van der Waals surface area contributed by atoms with Crippen LogP contribution >= 0.6 is 34.8 Å². The Balaban J connectivity index is 0.000000267. The number of methoxy groups -OCH3 is 2. The van der Waals surface area contributed by atoms with Gasteiger partial charge in [-0.3, -0.25) is 38.0 Å². The number of hydrogen-bond acceptors (Lipinski definition) is 19. The molecule has 654 valence electrons. The Kier molecular flexibility index (Phi) is 36.7. The Bertz CT molecular complexity index is 5970. The summed E-state index contributed by atoms with van der Waals surface area (Å²) in [6.07, 6.45) is 0. The minimum absolute atomic E-state index is 0. The van der Waals surface area contributed by atoms with Crippen molar-refractivity contribution in [1.82, 2.24) is 44.5 Å². The summed E-state index contributed by atoms with van der Waals surface area (Å²) >= 11 is 18.4. The number of fused-ring (bicyclic) bond motifs is 9. The third kappa shape index (κ3) is 24.3. The third-order valence-corrected chi connectivity index (χ3v) is 19.4. The number of carboxylic acid groups (broad SMARTS) is 2. The molecule has 3 aromatic heterocycles. The minimum atomic E-state index is -1.27. The van der Waals surface area contributed by atoms with Crippen molar-refractivity contribution in [2.24, 2.45) is 21.1 Å². The predicted octanol–water partition coefficient (Wildman–Crippen LogP) is 13.6. The molecule has 0 bridgehead atoms. The van der Waals surface area contributed by atoms with Crippen LogP contribution in [0.25, 0.3) is 33.8 Å². The van der Waals surface area contributed by atoms with Crippen molar-refractivity contribution in [1.29, 1.82) is 0 Å². The van der Waals surface area contributed by atoms with Crippen LogP contribution in [0.4, 0.5) is 30.2 Å². The molecular weight excluding hydrogens is 1690 g/mol. The Labute approximate surface area is 750 Å². The normalized spacial score (nSPS) is 10.9. The number of rotatable bonds is 21. The van der Waals surface area contributed by atoms with E-state index in [0.717, 1.165) is 58.3 Å². The van der Waals surface area contributed by atoms with Gasteiger partial charge >= 0.3 is 42.7 Å². The molecule has 6 heterocycles. The van der Waals surface area contributed by atoms with Gasteiger partial charge in [0.25, 0.3) is 11.8 Å². The number of anilines is 3. The van der Waals surface area contributed by atoms with Crippen molar-refractivity contribution in [3.8, 4) is 51.0 Å². The fraction of sp³-hybridized carbons (Fsp3) is 0.200. The van der Waals surface area contributed by atoms with Gasteiger partial charge in [0.15, 0.2) is 17.1 Å². The number of carbonyl (C=O) groups excluding carboxylic acids is 7. The van der Waals surface area contributed by atoms with E-state index in [4.69, 9.17) is 54.1 Å². The second kappa shape index (κ2) is 45.7. The summed E-state index contributed by atoms with van der Waals surface area (Å²) in [5.74, 6) is -6.65. The van der Waals surface area contributed by atoms with Crippen LogP contribution in [0.15, 0.2) is 200 Å². The van der Waals surface area contributed by atoms with Crippen LogP contribution in [0.3, 0.4) is 0 Å². The van der Waals surface area contributed by atoms with Crippen LogP contribution in [-0.4, -0.2) is 142 Å². The number of benzene rings is 9. The van der Waals surface area contributed by atoms with Crippen LogP contribution in [0, 0.1) is 17.5 Å². The van der Waals surface area contributed by atoms with Crippen molar-refractivity contribution < 1.29 is 115 Å². The standard InChI is InChI=1S/C29H24ClFN4O5.C28H22ClFN4O5.C17H17FN2O3.C12H9ClN2O3.4CH4.Li.H2O/c1-34-27-20-13-19(30)9-11-24(20)40-16-21(27)26(33-34)28(37)35(14-17-6-4-3-5-7-17)15-25(36)32-23-12-18(29(38)39-2)8-10-22(23)31;1-33-26-19-12-18(29)8-10-23(19)39-15-20(26)25(32-33)27(36)34(13-16-5-3-2-4-6-16)14-24(35)31-22-11-17(28(37)38)7-9-21(22)30;1-23-17(22)13-7-8-14(18)15(9-13)20-16(21)11-19-10-12-5-3-2-4-6-12;1-15-11-7-4-6(13)2-3-9(7)18-5-8(11)10(14-15)12(16)17;;;;;;/h3-13H,14-16H2,1-2H3,(H,32,36);2-12H,13-15H2,1H3,(H,31,35)(H,37,38);2-9,19H,10-11H2,1H3,(H,20,21);2-4H,5H2,1H3,(H,16,17);4*1H4;;1H2/q;;;;;;;;+1;/p-1. The van der Waals surface area contributed by atoms with Gasteiger partial charge in [-0.1, -0.05) is 156 Å². The summed E-state index contributed by atoms with van der Waals surface area (Å²) in [6, 6.07) is 53.7. The molecule has 126 heavy (non-hydrogen) atoms. The molecule has 29 nitrogen and oxygen atoms in total. The molecule has 12 aromatic rings. The number of hydrogen-bond donors (Lipinski definition) is 6. The maximum atomic E-state index is 14.5. The first-order valence-corrected chi connectivity index (χ1v) is 37.6. The van der Waals surface area contributed by atoms with E-state index < -0.39 is 84.0 Å². The van der Waals surface area contributed by atoms with E-state index in [1.807, 2.05) is 91.0 Å². The van der Waals surface area contributed by atoms with Gasteiger partial charge in [0.2, 0.25) is 17.7 Å². The summed E-state index contributed by atoms with van der Waals surface area (Å²) in [6.45, 7) is 0.261. The average Bonchev–Trinajstić information content (AvgIpc) is 1.61. The summed E-state index contributed by atoms with van der Waals surface area (Å²) in [4.78, 5) is 114.